The zero-order chi connectivity index (χ0) is 13.4. The summed E-state index contributed by atoms with van der Waals surface area (Å²) >= 11 is 3.43. The first-order chi connectivity index (χ1) is 9.13. The van der Waals surface area contributed by atoms with E-state index in [-0.39, 0.29) is 0 Å². The van der Waals surface area contributed by atoms with Crippen molar-refractivity contribution in [2.24, 2.45) is 7.05 Å². The molecule has 0 saturated heterocycles. The van der Waals surface area contributed by atoms with Gasteiger partial charge in [0.15, 0.2) is 0 Å². The first-order valence-electron chi connectivity index (χ1n) is 5.96. The Kier molecular flexibility index (Phi) is 2.98. The van der Waals surface area contributed by atoms with Crippen LogP contribution in [0.25, 0.3) is 16.9 Å². The van der Waals surface area contributed by atoms with Crippen molar-refractivity contribution in [1.82, 2.24) is 19.6 Å². The molecule has 2 heterocycles. The zero-order valence-corrected chi connectivity index (χ0v) is 12.3. The van der Waals surface area contributed by atoms with Gasteiger partial charge in [0.2, 0.25) is 0 Å². The Labute approximate surface area is 119 Å². The molecule has 0 aliphatic rings. The number of hydrogen-bond acceptors (Lipinski definition) is 2. The highest BCUT2D eigenvalue weighted by atomic mass is 79.9. The molecule has 0 amide bonds. The summed E-state index contributed by atoms with van der Waals surface area (Å²) in [5.41, 5.74) is 4.03. The molecule has 0 saturated carbocycles. The van der Waals surface area contributed by atoms with Crippen LogP contribution in [-0.2, 0) is 7.05 Å². The third kappa shape index (κ3) is 2.33. The van der Waals surface area contributed by atoms with Gasteiger partial charge in [-0.2, -0.15) is 10.2 Å². The van der Waals surface area contributed by atoms with Crippen LogP contribution in [-0.4, -0.2) is 19.6 Å². The Morgan fingerprint density at radius 2 is 1.79 bits per heavy atom. The molecule has 5 heteroatoms. The molecule has 2 aromatic heterocycles. The van der Waals surface area contributed by atoms with Gasteiger partial charge in [-0.1, -0.05) is 15.9 Å². The molecule has 0 radical (unpaired) electrons. The molecule has 0 atom stereocenters. The normalized spacial score (nSPS) is 10.9. The van der Waals surface area contributed by atoms with E-state index in [4.69, 9.17) is 0 Å². The molecule has 0 bridgehead atoms. The highest BCUT2D eigenvalue weighted by Gasteiger charge is 2.09. The lowest BCUT2D eigenvalue weighted by Gasteiger charge is -2.00. The lowest BCUT2D eigenvalue weighted by Crippen LogP contribution is -1.94. The van der Waals surface area contributed by atoms with Gasteiger partial charge in [0.05, 0.1) is 17.1 Å². The van der Waals surface area contributed by atoms with Crippen LogP contribution in [0.1, 0.15) is 5.69 Å². The summed E-state index contributed by atoms with van der Waals surface area (Å²) in [6, 6.07) is 10.1. The first-order valence-corrected chi connectivity index (χ1v) is 6.75. The quantitative estimate of drug-likeness (QED) is 0.727. The monoisotopic (exact) mass is 316 g/mol. The molecule has 0 unspecified atom stereocenters. The average molecular weight is 317 g/mol. The molecule has 0 aliphatic carbocycles. The lowest BCUT2D eigenvalue weighted by molar-refractivity contribution is 0.756. The summed E-state index contributed by atoms with van der Waals surface area (Å²) < 4.78 is 4.74. The van der Waals surface area contributed by atoms with Crippen molar-refractivity contribution in [3.8, 4) is 16.9 Å². The minimum absolute atomic E-state index is 0.938. The Morgan fingerprint density at radius 1 is 1.05 bits per heavy atom. The molecule has 4 nitrogen and oxygen atoms in total. The summed E-state index contributed by atoms with van der Waals surface area (Å²) in [5, 5.41) is 8.94. The second-order valence-corrected chi connectivity index (χ2v) is 5.34. The van der Waals surface area contributed by atoms with Gasteiger partial charge in [0, 0.05) is 29.5 Å². The van der Waals surface area contributed by atoms with Gasteiger partial charge in [-0.3, -0.25) is 4.68 Å². The number of aryl methyl sites for hydroxylation is 2. The van der Waals surface area contributed by atoms with Crippen molar-refractivity contribution in [3.05, 3.63) is 52.9 Å². The molecule has 3 aromatic rings. The van der Waals surface area contributed by atoms with Crippen molar-refractivity contribution in [3.63, 3.8) is 0 Å². The average Bonchev–Trinajstić information content (AvgIpc) is 2.97. The van der Waals surface area contributed by atoms with E-state index in [9.17, 15) is 0 Å². The number of rotatable bonds is 2. The van der Waals surface area contributed by atoms with E-state index in [2.05, 4.69) is 26.1 Å². The van der Waals surface area contributed by atoms with Gasteiger partial charge in [0.1, 0.15) is 0 Å². The molecule has 1 aromatic carbocycles. The second-order valence-electron chi connectivity index (χ2n) is 4.42. The van der Waals surface area contributed by atoms with Gasteiger partial charge in [-0.15, -0.1) is 0 Å². The van der Waals surface area contributed by atoms with Gasteiger partial charge < -0.3 is 0 Å². The fraction of sp³-hybridized carbons (Fsp3) is 0.143. The third-order valence-corrected chi connectivity index (χ3v) is 3.50. The van der Waals surface area contributed by atoms with E-state index in [0.717, 1.165) is 27.1 Å². The summed E-state index contributed by atoms with van der Waals surface area (Å²) in [6.45, 7) is 1.99. The molecule has 19 heavy (non-hydrogen) atoms. The van der Waals surface area contributed by atoms with E-state index in [0.29, 0.717) is 0 Å². The number of halogens is 1. The Bertz CT molecular complexity index is 709. The van der Waals surface area contributed by atoms with E-state index >= 15 is 0 Å². The number of hydrogen-bond donors (Lipinski definition) is 0. The maximum absolute atomic E-state index is 4.60. The summed E-state index contributed by atoms with van der Waals surface area (Å²) in [5.74, 6) is 0. The van der Waals surface area contributed by atoms with Crippen molar-refractivity contribution in [2.45, 2.75) is 6.92 Å². The predicted octanol–water partition coefficient (Wildman–Crippen LogP) is 3.34. The number of aromatic nitrogens is 4. The van der Waals surface area contributed by atoms with Crippen molar-refractivity contribution < 1.29 is 0 Å². The van der Waals surface area contributed by atoms with Crippen LogP contribution in [0.5, 0.6) is 0 Å². The summed E-state index contributed by atoms with van der Waals surface area (Å²) in [4.78, 5) is 0. The summed E-state index contributed by atoms with van der Waals surface area (Å²) in [6.07, 6.45) is 3.95. The maximum Gasteiger partial charge on any atom is 0.0961 e. The van der Waals surface area contributed by atoms with Gasteiger partial charge in [0.25, 0.3) is 0 Å². The van der Waals surface area contributed by atoms with E-state index in [1.165, 1.54) is 0 Å². The molecule has 3 rings (SSSR count). The highest BCUT2D eigenvalue weighted by molar-refractivity contribution is 9.10. The number of nitrogens with zero attached hydrogens (tertiary/aromatic N) is 4. The van der Waals surface area contributed by atoms with Gasteiger partial charge in [-0.05, 0) is 37.3 Å². The van der Waals surface area contributed by atoms with Gasteiger partial charge in [-0.25, -0.2) is 4.68 Å². The first kappa shape index (κ1) is 12.2. The fourth-order valence-electron chi connectivity index (χ4n) is 2.06. The largest absolute Gasteiger partial charge is 0.275 e. The zero-order valence-electron chi connectivity index (χ0n) is 10.7. The highest BCUT2D eigenvalue weighted by Crippen LogP contribution is 2.21. The minimum atomic E-state index is 0.938. The molecule has 0 fully saturated rings. The number of benzene rings is 1. The lowest BCUT2D eigenvalue weighted by atomic mass is 10.2. The van der Waals surface area contributed by atoms with E-state index < -0.39 is 0 Å². The predicted molar refractivity (Wildman–Crippen MR) is 78.2 cm³/mol. The molecule has 0 N–H and O–H groups in total. The van der Waals surface area contributed by atoms with E-state index in [1.807, 2.05) is 66.1 Å². The molecular formula is C14H13BrN4. The second kappa shape index (κ2) is 4.66. The van der Waals surface area contributed by atoms with Crippen LogP contribution in [0.3, 0.4) is 0 Å². The molecule has 0 spiro atoms. The van der Waals surface area contributed by atoms with Crippen molar-refractivity contribution in [2.75, 3.05) is 0 Å². The standard InChI is InChI=1S/C14H13BrN4/c1-10-13(9-18(2)16-10)14-7-8-19(17-14)12-5-3-11(15)4-6-12/h3-9H,1-2H3. The minimum Gasteiger partial charge on any atom is -0.275 e. The summed E-state index contributed by atoms with van der Waals surface area (Å²) in [7, 11) is 1.92. The van der Waals surface area contributed by atoms with Crippen LogP contribution in [0.4, 0.5) is 0 Å². The maximum atomic E-state index is 4.60. The molecular weight excluding hydrogens is 304 g/mol. The van der Waals surface area contributed by atoms with Crippen LogP contribution in [0.15, 0.2) is 47.2 Å². The Hall–Kier alpha value is -1.88. The van der Waals surface area contributed by atoms with Gasteiger partial charge >= 0.3 is 0 Å². The SMILES string of the molecule is Cc1nn(C)cc1-c1ccn(-c2ccc(Br)cc2)n1. The fourth-order valence-corrected chi connectivity index (χ4v) is 2.32. The van der Waals surface area contributed by atoms with Crippen LogP contribution >= 0.6 is 15.9 Å². The van der Waals surface area contributed by atoms with Crippen molar-refractivity contribution in [1.29, 1.82) is 0 Å². The molecule has 96 valence electrons. The van der Waals surface area contributed by atoms with Crippen LogP contribution in [0.2, 0.25) is 0 Å². The third-order valence-electron chi connectivity index (χ3n) is 2.97. The topological polar surface area (TPSA) is 35.6 Å². The Morgan fingerprint density at radius 3 is 2.42 bits per heavy atom. The van der Waals surface area contributed by atoms with Crippen LogP contribution in [0, 0.1) is 6.92 Å². The molecule has 0 aliphatic heterocycles. The Balaban J connectivity index is 1.99. The van der Waals surface area contributed by atoms with E-state index in [1.54, 1.807) is 0 Å². The van der Waals surface area contributed by atoms with Crippen molar-refractivity contribution >= 4 is 15.9 Å². The van der Waals surface area contributed by atoms with Crippen LogP contribution < -0.4 is 0 Å². The smallest absolute Gasteiger partial charge is 0.0961 e.